The van der Waals surface area contributed by atoms with Gasteiger partial charge in [-0.25, -0.2) is 10.4 Å². The van der Waals surface area contributed by atoms with E-state index in [0.29, 0.717) is 25.8 Å². The van der Waals surface area contributed by atoms with Crippen LogP contribution >= 0.6 is 34.5 Å². The van der Waals surface area contributed by atoms with E-state index in [2.05, 4.69) is 15.5 Å². The Morgan fingerprint density at radius 3 is 2.71 bits per heavy atom. The average Bonchev–Trinajstić information content (AvgIpc) is 3.10. The molecule has 31 heavy (non-hydrogen) atoms. The fourth-order valence-electron chi connectivity index (χ4n) is 3.16. The summed E-state index contributed by atoms with van der Waals surface area (Å²) in [7, 11) is 0. The summed E-state index contributed by atoms with van der Waals surface area (Å²) in [6.45, 7) is 1.76. The van der Waals surface area contributed by atoms with Crippen LogP contribution in [0.5, 0.6) is 0 Å². The van der Waals surface area contributed by atoms with Gasteiger partial charge >= 0.3 is 0 Å². The molecule has 0 aliphatic rings. The maximum atomic E-state index is 13.1. The van der Waals surface area contributed by atoms with Gasteiger partial charge < -0.3 is 0 Å². The highest BCUT2D eigenvalue weighted by Gasteiger charge is 2.17. The van der Waals surface area contributed by atoms with Crippen molar-refractivity contribution in [3.05, 3.63) is 85.7 Å². The summed E-state index contributed by atoms with van der Waals surface area (Å²) < 4.78 is 1.28. The number of aryl methyl sites for hydroxylation is 1. The highest BCUT2D eigenvalue weighted by Crippen LogP contribution is 2.35. The number of aromatic nitrogens is 2. The molecule has 2 heterocycles. The van der Waals surface area contributed by atoms with E-state index in [1.165, 1.54) is 28.4 Å². The van der Waals surface area contributed by atoms with Crippen molar-refractivity contribution in [1.82, 2.24) is 15.0 Å². The number of rotatable bonds is 5. The van der Waals surface area contributed by atoms with Gasteiger partial charge in [0.05, 0.1) is 28.0 Å². The molecule has 2 aromatic carbocycles. The molecule has 0 aliphatic heterocycles. The van der Waals surface area contributed by atoms with Crippen LogP contribution in [-0.4, -0.2) is 21.7 Å². The first-order valence-electron chi connectivity index (χ1n) is 9.25. The summed E-state index contributed by atoms with van der Waals surface area (Å²) in [5.74, 6) is -0.451. The molecule has 156 valence electrons. The van der Waals surface area contributed by atoms with E-state index in [9.17, 15) is 9.59 Å². The van der Waals surface area contributed by atoms with E-state index in [-0.39, 0.29) is 12.1 Å². The van der Waals surface area contributed by atoms with Crippen LogP contribution in [0.4, 0.5) is 0 Å². The number of carbonyl (C=O) groups is 1. The zero-order valence-corrected chi connectivity index (χ0v) is 18.6. The smallest absolute Gasteiger partial charge is 0.263 e. The number of hydrogen-bond donors (Lipinski definition) is 1. The Balaban J connectivity index is 1.56. The van der Waals surface area contributed by atoms with Gasteiger partial charge in [0.2, 0.25) is 0 Å². The second-order valence-electron chi connectivity index (χ2n) is 6.72. The molecule has 0 atom stereocenters. The van der Waals surface area contributed by atoms with Gasteiger partial charge in [0.1, 0.15) is 11.4 Å². The highest BCUT2D eigenvalue weighted by atomic mass is 35.5. The predicted molar refractivity (Wildman–Crippen MR) is 126 cm³/mol. The van der Waals surface area contributed by atoms with Gasteiger partial charge in [0.25, 0.3) is 11.5 Å². The molecular formula is C22H16Cl2N4O2S. The number of hydrazone groups is 1. The monoisotopic (exact) mass is 470 g/mol. The fourth-order valence-corrected chi connectivity index (χ4v) is 4.47. The zero-order valence-electron chi connectivity index (χ0n) is 16.3. The average molecular weight is 471 g/mol. The number of halogens is 2. The van der Waals surface area contributed by atoms with E-state index in [1.54, 1.807) is 18.2 Å². The highest BCUT2D eigenvalue weighted by molar-refractivity contribution is 7.19. The SMILES string of the molecule is Cc1sc2ncn(CC(=O)N/N=C/c3ccc(Cl)c(Cl)c3)c(=O)c2c1-c1ccccc1. The van der Waals surface area contributed by atoms with Crippen molar-refractivity contribution in [3.63, 3.8) is 0 Å². The summed E-state index contributed by atoms with van der Waals surface area (Å²) >= 11 is 13.3. The topological polar surface area (TPSA) is 76.3 Å². The maximum Gasteiger partial charge on any atom is 0.263 e. The summed E-state index contributed by atoms with van der Waals surface area (Å²) in [4.78, 5) is 31.5. The summed E-state index contributed by atoms with van der Waals surface area (Å²) in [6, 6.07) is 14.7. The zero-order chi connectivity index (χ0) is 22.0. The summed E-state index contributed by atoms with van der Waals surface area (Å²) in [5.41, 5.74) is 4.62. The molecule has 0 bridgehead atoms. The standard InChI is InChI=1S/C22H16Cl2N4O2S/c1-13-19(15-5-3-2-4-6-15)20-21(31-13)25-12-28(22(20)30)11-18(29)27-26-10-14-7-8-16(23)17(24)9-14/h2-10,12H,11H2,1H3,(H,27,29)/b26-10+. The fraction of sp³-hybridized carbons (Fsp3) is 0.0909. The minimum absolute atomic E-state index is 0.205. The minimum Gasteiger partial charge on any atom is -0.289 e. The van der Waals surface area contributed by atoms with Gasteiger partial charge in [-0.3, -0.25) is 14.2 Å². The molecule has 6 nitrogen and oxygen atoms in total. The molecular weight excluding hydrogens is 455 g/mol. The molecule has 1 N–H and O–H groups in total. The molecule has 0 unspecified atom stereocenters. The Morgan fingerprint density at radius 2 is 1.97 bits per heavy atom. The Labute approximate surface area is 191 Å². The van der Waals surface area contributed by atoms with E-state index >= 15 is 0 Å². The molecule has 0 saturated carbocycles. The molecule has 0 aliphatic carbocycles. The Bertz CT molecular complexity index is 1360. The Kier molecular flexibility index (Phi) is 6.18. The lowest BCUT2D eigenvalue weighted by Crippen LogP contribution is -2.30. The lowest BCUT2D eigenvalue weighted by Gasteiger charge is -2.06. The lowest BCUT2D eigenvalue weighted by atomic mass is 10.0. The number of benzene rings is 2. The van der Waals surface area contributed by atoms with Crippen LogP contribution in [0, 0.1) is 6.92 Å². The quantitative estimate of drug-likeness (QED) is 0.333. The van der Waals surface area contributed by atoms with Crippen LogP contribution < -0.4 is 11.0 Å². The first-order valence-corrected chi connectivity index (χ1v) is 10.8. The number of nitrogens with zero attached hydrogens (tertiary/aromatic N) is 3. The van der Waals surface area contributed by atoms with Crippen molar-refractivity contribution >= 4 is 56.9 Å². The number of hydrogen-bond acceptors (Lipinski definition) is 5. The van der Waals surface area contributed by atoms with Crippen LogP contribution in [0.2, 0.25) is 10.0 Å². The molecule has 4 aromatic rings. The van der Waals surface area contributed by atoms with E-state index in [0.717, 1.165) is 16.0 Å². The first kappa shape index (κ1) is 21.2. The Morgan fingerprint density at radius 1 is 1.19 bits per heavy atom. The van der Waals surface area contributed by atoms with Crippen molar-refractivity contribution in [2.24, 2.45) is 5.10 Å². The number of thiophene rings is 1. The third-order valence-electron chi connectivity index (χ3n) is 4.58. The van der Waals surface area contributed by atoms with E-state index in [4.69, 9.17) is 23.2 Å². The van der Waals surface area contributed by atoms with Gasteiger partial charge in [0.15, 0.2) is 0 Å². The predicted octanol–water partition coefficient (Wildman–Crippen LogP) is 4.89. The van der Waals surface area contributed by atoms with Crippen LogP contribution in [0.1, 0.15) is 10.4 Å². The normalized spacial score (nSPS) is 11.3. The summed E-state index contributed by atoms with van der Waals surface area (Å²) in [6.07, 6.45) is 2.83. The van der Waals surface area contributed by atoms with E-state index in [1.807, 2.05) is 37.3 Å². The molecule has 0 radical (unpaired) electrons. The van der Waals surface area contributed by atoms with Gasteiger partial charge in [0, 0.05) is 10.4 Å². The molecule has 4 rings (SSSR count). The molecule has 0 spiro atoms. The first-order chi connectivity index (χ1) is 14.9. The van der Waals surface area contributed by atoms with Crippen molar-refractivity contribution in [3.8, 4) is 11.1 Å². The molecule has 0 fully saturated rings. The van der Waals surface area contributed by atoms with Gasteiger partial charge in [-0.1, -0.05) is 59.6 Å². The Hall–Kier alpha value is -3.00. The summed E-state index contributed by atoms with van der Waals surface area (Å²) in [5, 5.41) is 5.25. The third kappa shape index (κ3) is 4.54. The van der Waals surface area contributed by atoms with Crippen molar-refractivity contribution < 1.29 is 4.79 Å². The van der Waals surface area contributed by atoms with Crippen molar-refractivity contribution in [2.75, 3.05) is 0 Å². The molecule has 2 aromatic heterocycles. The number of fused-ring (bicyclic) bond motifs is 1. The molecule has 0 saturated heterocycles. The molecule has 9 heteroatoms. The third-order valence-corrected chi connectivity index (χ3v) is 6.33. The minimum atomic E-state index is -0.451. The second kappa shape index (κ2) is 9.01. The van der Waals surface area contributed by atoms with Gasteiger partial charge in [-0.2, -0.15) is 5.10 Å². The van der Waals surface area contributed by atoms with Gasteiger partial charge in [-0.15, -0.1) is 11.3 Å². The second-order valence-corrected chi connectivity index (χ2v) is 8.74. The molecule has 1 amide bonds. The van der Waals surface area contributed by atoms with Crippen LogP contribution in [-0.2, 0) is 11.3 Å². The number of nitrogens with one attached hydrogen (secondary N) is 1. The van der Waals surface area contributed by atoms with Crippen molar-refractivity contribution in [1.29, 1.82) is 0 Å². The van der Waals surface area contributed by atoms with Crippen LogP contribution in [0.25, 0.3) is 21.3 Å². The lowest BCUT2D eigenvalue weighted by molar-refractivity contribution is -0.121. The van der Waals surface area contributed by atoms with Crippen LogP contribution in [0.3, 0.4) is 0 Å². The number of carbonyl (C=O) groups excluding carboxylic acids is 1. The van der Waals surface area contributed by atoms with Crippen molar-refractivity contribution in [2.45, 2.75) is 13.5 Å². The van der Waals surface area contributed by atoms with E-state index < -0.39 is 5.91 Å². The largest absolute Gasteiger partial charge is 0.289 e. The van der Waals surface area contributed by atoms with Crippen LogP contribution in [0.15, 0.2) is 64.8 Å². The van der Waals surface area contributed by atoms with Gasteiger partial charge in [-0.05, 0) is 30.2 Å². The number of amides is 1. The maximum absolute atomic E-state index is 13.1.